The Labute approximate surface area is 234 Å². The van der Waals surface area contributed by atoms with Gasteiger partial charge in [-0.3, -0.25) is 9.59 Å². The Hall–Kier alpha value is -3.61. The third-order valence-electron chi connectivity index (χ3n) is 6.49. The molecule has 3 amide bonds. The SMILES string of the molecule is C=CCN(C(=O)C(Cc1ccccc1)NC(=O)OC(C)(C)C)C(C(=O)NC(C)CCC)c1cccc(C)c1C. The van der Waals surface area contributed by atoms with Gasteiger partial charge in [0.05, 0.1) is 0 Å². The van der Waals surface area contributed by atoms with Gasteiger partial charge in [-0.15, -0.1) is 6.58 Å². The molecule has 0 saturated carbocycles. The molecule has 0 aliphatic carbocycles. The van der Waals surface area contributed by atoms with Crippen molar-refractivity contribution < 1.29 is 19.1 Å². The molecule has 7 heteroatoms. The first kappa shape index (κ1) is 31.6. The van der Waals surface area contributed by atoms with Crippen molar-refractivity contribution in [2.75, 3.05) is 6.54 Å². The van der Waals surface area contributed by atoms with Gasteiger partial charge < -0.3 is 20.3 Å². The Morgan fingerprint density at radius 3 is 2.28 bits per heavy atom. The second-order valence-electron chi connectivity index (χ2n) is 11.1. The molecule has 3 unspecified atom stereocenters. The molecule has 0 aliphatic rings. The summed E-state index contributed by atoms with van der Waals surface area (Å²) in [5, 5.41) is 5.88. The molecule has 0 aliphatic heterocycles. The Morgan fingerprint density at radius 2 is 1.69 bits per heavy atom. The van der Waals surface area contributed by atoms with Crippen molar-refractivity contribution in [2.45, 2.75) is 91.5 Å². The zero-order valence-electron chi connectivity index (χ0n) is 24.5. The molecule has 0 fully saturated rings. The first-order valence-electron chi connectivity index (χ1n) is 13.7. The summed E-state index contributed by atoms with van der Waals surface area (Å²) in [5.41, 5.74) is 2.83. The van der Waals surface area contributed by atoms with Crippen molar-refractivity contribution in [3.8, 4) is 0 Å². The highest BCUT2D eigenvalue weighted by atomic mass is 16.6. The highest BCUT2D eigenvalue weighted by molar-refractivity contribution is 5.92. The average molecular weight is 536 g/mol. The number of carbonyl (C=O) groups is 3. The maximum absolute atomic E-state index is 14.3. The third kappa shape index (κ3) is 9.57. The van der Waals surface area contributed by atoms with E-state index in [0.717, 1.165) is 35.1 Å². The Balaban J connectivity index is 2.57. The Kier molecular flexibility index (Phi) is 11.8. The fraction of sp³-hybridized carbons (Fsp3) is 0.469. The van der Waals surface area contributed by atoms with Crippen molar-refractivity contribution >= 4 is 17.9 Å². The first-order valence-corrected chi connectivity index (χ1v) is 13.7. The molecule has 2 aromatic carbocycles. The summed E-state index contributed by atoms with van der Waals surface area (Å²) in [6.07, 6.45) is 2.88. The zero-order chi connectivity index (χ0) is 29.2. The fourth-order valence-electron chi connectivity index (χ4n) is 4.51. The highest BCUT2D eigenvalue weighted by Gasteiger charge is 2.37. The van der Waals surface area contributed by atoms with Gasteiger partial charge in [0.15, 0.2) is 0 Å². The molecule has 0 aromatic heterocycles. The predicted octanol–water partition coefficient (Wildman–Crippen LogP) is 5.80. The van der Waals surface area contributed by atoms with Crippen LogP contribution in [0.3, 0.4) is 0 Å². The van der Waals surface area contributed by atoms with Gasteiger partial charge in [-0.05, 0) is 70.2 Å². The number of alkyl carbamates (subject to hydrolysis) is 1. The van der Waals surface area contributed by atoms with Crippen molar-refractivity contribution in [2.24, 2.45) is 0 Å². The lowest BCUT2D eigenvalue weighted by Gasteiger charge is -2.35. The second kappa shape index (κ2) is 14.5. The molecule has 2 N–H and O–H groups in total. The lowest BCUT2D eigenvalue weighted by molar-refractivity contribution is -0.142. The molecule has 0 heterocycles. The average Bonchev–Trinajstić information content (AvgIpc) is 2.85. The largest absolute Gasteiger partial charge is 0.444 e. The van der Waals surface area contributed by atoms with Gasteiger partial charge in [0.1, 0.15) is 17.7 Å². The number of hydrogen-bond donors (Lipinski definition) is 2. The molecule has 3 atom stereocenters. The van der Waals surface area contributed by atoms with Crippen LogP contribution in [0.5, 0.6) is 0 Å². The standard InChI is InChI=1S/C32H45N3O4/c1-9-15-23(4)33-29(36)28(26-19-14-16-22(3)24(26)5)35(20-10-2)30(37)27(21-25-17-12-11-13-18-25)34-31(38)39-32(6,7)8/h10-14,16-19,23,27-28H,2,9,15,20-21H2,1,3-8H3,(H,33,36)(H,34,38). The molecule has 0 bridgehead atoms. The van der Waals surface area contributed by atoms with E-state index >= 15 is 0 Å². The van der Waals surface area contributed by atoms with E-state index in [1.54, 1.807) is 26.8 Å². The molecular formula is C32H45N3O4. The van der Waals surface area contributed by atoms with Gasteiger partial charge >= 0.3 is 6.09 Å². The molecule has 0 saturated heterocycles. The molecule has 0 spiro atoms. The molecule has 2 rings (SSSR count). The van der Waals surface area contributed by atoms with Crippen LogP contribution in [0.25, 0.3) is 0 Å². The van der Waals surface area contributed by atoms with E-state index in [0.29, 0.717) is 0 Å². The van der Waals surface area contributed by atoms with Crippen molar-refractivity contribution in [3.05, 3.63) is 83.4 Å². The molecular weight excluding hydrogens is 490 g/mol. The van der Waals surface area contributed by atoms with Gasteiger partial charge in [0, 0.05) is 19.0 Å². The minimum atomic E-state index is -0.962. The highest BCUT2D eigenvalue weighted by Crippen LogP contribution is 2.28. The van der Waals surface area contributed by atoms with Crippen molar-refractivity contribution in [1.29, 1.82) is 0 Å². The minimum absolute atomic E-state index is 0.0594. The van der Waals surface area contributed by atoms with E-state index in [1.807, 2.05) is 69.3 Å². The molecule has 212 valence electrons. The van der Waals surface area contributed by atoms with Crippen LogP contribution in [0.15, 0.2) is 61.2 Å². The van der Waals surface area contributed by atoms with Gasteiger partial charge in [-0.25, -0.2) is 4.79 Å². The van der Waals surface area contributed by atoms with Crippen LogP contribution in [0.2, 0.25) is 0 Å². The maximum atomic E-state index is 14.3. The van der Waals surface area contributed by atoms with E-state index in [2.05, 4.69) is 24.1 Å². The summed E-state index contributed by atoms with van der Waals surface area (Å²) in [4.78, 5) is 42.5. The zero-order valence-corrected chi connectivity index (χ0v) is 24.5. The number of ether oxygens (including phenoxy) is 1. The number of nitrogens with one attached hydrogen (secondary N) is 2. The maximum Gasteiger partial charge on any atom is 0.408 e. The second-order valence-corrected chi connectivity index (χ2v) is 11.1. The fourth-order valence-corrected chi connectivity index (χ4v) is 4.51. The smallest absolute Gasteiger partial charge is 0.408 e. The van der Waals surface area contributed by atoms with Crippen molar-refractivity contribution in [1.82, 2.24) is 15.5 Å². The van der Waals surface area contributed by atoms with E-state index in [9.17, 15) is 14.4 Å². The lowest BCUT2D eigenvalue weighted by Crippen LogP contribution is -2.54. The van der Waals surface area contributed by atoms with Crippen LogP contribution in [0.1, 0.15) is 75.8 Å². The monoisotopic (exact) mass is 535 g/mol. The Morgan fingerprint density at radius 1 is 1.03 bits per heavy atom. The van der Waals surface area contributed by atoms with Gasteiger partial charge in [-0.1, -0.05) is 68.0 Å². The van der Waals surface area contributed by atoms with Gasteiger partial charge in [0.2, 0.25) is 11.8 Å². The number of amides is 3. The van der Waals surface area contributed by atoms with E-state index in [1.165, 1.54) is 4.90 Å². The molecule has 2 aromatic rings. The number of nitrogens with zero attached hydrogens (tertiary/aromatic N) is 1. The van der Waals surface area contributed by atoms with Crippen LogP contribution in [-0.4, -0.2) is 47.0 Å². The van der Waals surface area contributed by atoms with E-state index in [4.69, 9.17) is 4.74 Å². The lowest BCUT2D eigenvalue weighted by atomic mass is 9.94. The first-order chi connectivity index (χ1) is 18.4. The quantitative estimate of drug-likeness (QED) is 0.336. The summed E-state index contributed by atoms with van der Waals surface area (Å²) < 4.78 is 5.48. The number of hydrogen-bond acceptors (Lipinski definition) is 4. The summed E-state index contributed by atoms with van der Waals surface area (Å²) in [6.45, 7) is 17.2. The summed E-state index contributed by atoms with van der Waals surface area (Å²) >= 11 is 0. The van der Waals surface area contributed by atoms with Crippen LogP contribution in [-0.2, 0) is 20.7 Å². The van der Waals surface area contributed by atoms with Crippen LogP contribution < -0.4 is 10.6 Å². The van der Waals surface area contributed by atoms with Crippen molar-refractivity contribution in [3.63, 3.8) is 0 Å². The minimum Gasteiger partial charge on any atom is -0.444 e. The van der Waals surface area contributed by atoms with Gasteiger partial charge in [0.25, 0.3) is 0 Å². The molecule has 39 heavy (non-hydrogen) atoms. The number of aryl methyl sites for hydroxylation is 1. The molecule has 0 radical (unpaired) electrons. The Bertz CT molecular complexity index is 1120. The summed E-state index contributed by atoms with van der Waals surface area (Å²) in [6, 6.07) is 13.3. The number of benzene rings is 2. The van der Waals surface area contributed by atoms with Gasteiger partial charge in [-0.2, -0.15) is 0 Å². The number of rotatable bonds is 12. The normalized spacial score (nSPS) is 13.5. The summed E-state index contributed by atoms with van der Waals surface area (Å²) in [5.74, 6) is -0.663. The predicted molar refractivity (Wildman–Crippen MR) is 156 cm³/mol. The molecule has 7 nitrogen and oxygen atoms in total. The third-order valence-corrected chi connectivity index (χ3v) is 6.49. The van der Waals surface area contributed by atoms with E-state index < -0.39 is 29.7 Å². The van der Waals surface area contributed by atoms with E-state index in [-0.39, 0.29) is 24.9 Å². The number of carbonyl (C=O) groups excluding carboxylic acids is 3. The summed E-state index contributed by atoms with van der Waals surface area (Å²) in [7, 11) is 0. The van der Waals surface area contributed by atoms with Crippen LogP contribution in [0, 0.1) is 13.8 Å². The van der Waals surface area contributed by atoms with Crippen LogP contribution >= 0.6 is 0 Å². The van der Waals surface area contributed by atoms with Crippen LogP contribution in [0.4, 0.5) is 4.79 Å². The topological polar surface area (TPSA) is 87.7 Å².